The van der Waals surface area contributed by atoms with Gasteiger partial charge in [-0.1, -0.05) is 25.5 Å². The molecule has 2 atom stereocenters. The van der Waals surface area contributed by atoms with E-state index in [1.54, 1.807) is 6.07 Å². The van der Waals surface area contributed by atoms with Crippen LogP contribution in [0.3, 0.4) is 0 Å². The fourth-order valence-electron chi connectivity index (χ4n) is 1.86. The number of hydrogen-bond donors (Lipinski definition) is 2. The van der Waals surface area contributed by atoms with Crippen LogP contribution in [0.15, 0.2) is 28.7 Å². The molecule has 0 fully saturated rings. The number of fused-ring (bicyclic) bond motifs is 1. The summed E-state index contributed by atoms with van der Waals surface area (Å²) in [5.41, 5.74) is 1.88. The van der Waals surface area contributed by atoms with E-state index >= 15 is 0 Å². The maximum absolute atomic E-state index is 9.99. The van der Waals surface area contributed by atoms with Crippen molar-refractivity contribution in [2.45, 2.75) is 33.0 Å². The summed E-state index contributed by atoms with van der Waals surface area (Å²) in [6.45, 7) is 5.73. The minimum atomic E-state index is -0.970. The first kappa shape index (κ1) is 12.1. The lowest BCUT2D eigenvalue weighted by molar-refractivity contribution is -0.0197. The van der Waals surface area contributed by atoms with Gasteiger partial charge in [0, 0.05) is 5.39 Å². The summed E-state index contributed by atoms with van der Waals surface area (Å²) in [6.07, 6.45) is -1.78. The Balaban J connectivity index is 2.36. The van der Waals surface area contributed by atoms with Crippen molar-refractivity contribution in [1.82, 2.24) is 0 Å². The molecule has 3 heteroatoms. The van der Waals surface area contributed by atoms with Gasteiger partial charge in [-0.3, -0.25) is 0 Å². The predicted octanol–water partition coefficient (Wildman–Crippen LogP) is 2.79. The molecule has 2 rings (SSSR count). The van der Waals surface area contributed by atoms with Gasteiger partial charge in [-0.15, -0.1) is 0 Å². The zero-order valence-electron chi connectivity index (χ0n) is 10.3. The Kier molecular flexibility index (Phi) is 3.22. The van der Waals surface area contributed by atoms with E-state index in [1.807, 2.05) is 39.0 Å². The summed E-state index contributed by atoms with van der Waals surface area (Å²) in [5.74, 6) is 0.409. The molecule has 0 bridgehead atoms. The molecule has 0 amide bonds. The smallest absolute Gasteiger partial charge is 0.138 e. The zero-order chi connectivity index (χ0) is 12.6. The second kappa shape index (κ2) is 4.51. The van der Waals surface area contributed by atoms with Crippen LogP contribution in [0.5, 0.6) is 0 Å². The Morgan fingerprint density at radius 2 is 1.82 bits per heavy atom. The van der Waals surface area contributed by atoms with E-state index in [9.17, 15) is 10.2 Å². The zero-order valence-corrected chi connectivity index (χ0v) is 10.3. The van der Waals surface area contributed by atoms with E-state index in [2.05, 4.69) is 0 Å². The van der Waals surface area contributed by atoms with Crippen molar-refractivity contribution in [3.63, 3.8) is 0 Å². The molecule has 1 aromatic heterocycles. The van der Waals surface area contributed by atoms with Crippen molar-refractivity contribution in [3.8, 4) is 0 Å². The molecule has 0 spiro atoms. The Bertz CT molecular complexity index is 513. The summed E-state index contributed by atoms with van der Waals surface area (Å²) in [7, 11) is 0. The molecule has 2 aromatic rings. The van der Waals surface area contributed by atoms with Gasteiger partial charge >= 0.3 is 0 Å². The second-order valence-corrected chi connectivity index (χ2v) is 4.87. The topological polar surface area (TPSA) is 53.6 Å². The normalized spacial score (nSPS) is 15.4. The lowest BCUT2D eigenvalue weighted by Crippen LogP contribution is -2.23. The highest BCUT2D eigenvalue weighted by Crippen LogP contribution is 2.28. The van der Waals surface area contributed by atoms with Crippen LogP contribution in [0.25, 0.3) is 11.0 Å². The average molecular weight is 234 g/mol. The van der Waals surface area contributed by atoms with Gasteiger partial charge in [-0.05, 0) is 31.0 Å². The fraction of sp³-hybridized carbons (Fsp3) is 0.429. The average Bonchev–Trinajstić information content (AvgIpc) is 2.69. The highest BCUT2D eigenvalue weighted by Gasteiger charge is 2.24. The highest BCUT2D eigenvalue weighted by molar-refractivity contribution is 5.78. The molecule has 0 radical (unpaired) electrons. The van der Waals surface area contributed by atoms with Gasteiger partial charge in [0.25, 0.3) is 0 Å². The summed E-state index contributed by atoms with van der Waals surface area (Å²) in [4.78, 5) is 0. The Hall–Kier alpha value is -1.32. The van der Waals surface area contributed by atoms with Crippen LogP contribution in [-0.4, -0.2) is 16.3 Å². The molecular formula is C14H18O3. The first-order valence-corrected chi connectivity index (χ1v) is 5.85. The molecule has 3 nitrogen and oxygen atoms in total. The van der Waals surface area contributed by atoms with Crippen molar-refractivity contribution in [2.24, 2.45) is 5.92 Å². The van der Waals surface area contributed by atoms with E-state index in [0.29, 0.717) is 5.76 Å². The number of aliphatic hydroxyl groups is 2. The Morgan fingerprint density at radius 3 is 2.47 bits per heavy atom. The van der Waals surface area contributed by atoms with Crippen LogP contribution >= 0.6 is 0 Å². The molecule has 2 N–H and O–H groups in total. The van der Waals surface area contributed by atoms with E-state index in [-0.39, 0.29) is 5.92 Å². The first-order valence-electron chi connectivity index (χ1n) is 5.85. The van der Waals surface area contributed by atoms with Gasteiger partial charge in [-0.2, -0.15) is 0 Å². The number of hydrogen-bond acceptors (Lipinski definition) is 3. The van der Waals surface area contributed by atoms with Gasteiger partial charge in [0.1, 0.15) is 17.4 Å². The van der Waals surface area contributed by atoms with Crippen LogP contribution < -0.4 is 0 Å². The number of aliphatic hydroxyl groups excluding tert-OH is 2. The molecule has 0 saturated heterocycles. The van der Waals surface area contributed by atoms with Gasteiger partial charge in [-0.25, -0.2) is 0 Å². The summed E-state index contributed by atoms with van der Waals surface area (Å²) in [5, 5.41) is 20.8. The quantitative estimate of drug-likeness (QED) is 0.858. The molecular weight excluding hydrogens is 216 g/mol. The predicted molar refractivity (Wildman–Crippen MR) is 66.8 cm³/mol. The van der Waals surface area contributed by atoms with E-state index in [1.165, 1.54) is 0 Å². The van der Waals surface area contributed by atoms with E-state index in [4.69, 9.17) is 4.42 Å². The summed E-state index contributed by atoms with van der Waals surface area (Å²) < 4.78 is 5.55. The molecule has 0 saturated carbocycles. The molecule has 1 aromatic carbocycles. The number of benzene rings is 1. The van der Waals surface area contributed by atoms with Gasteiger partial charge in [0.2, 0.25) is 0 Å². The standard InChI is InChI=1S/C14H18O3/c1-8(2)13(15)14(16)12-7-10-6-9(3)4-5-11(10)17-12/h4-8,13-16H,1-3H3. The lowest BCUT2D eigenvalue weighted by atomic mass is 10.0. The third kappa shape index (κ3) is 2.35. The van der Waals surface area contributed by atoms with E-state index < -0.39 is 12.2 Å². The molecule has 1 heterocycles. The number of aryl methyl sites for hydroxylation is 1. The molecule has 2 unspecified atom stereocenters. The number of furan rings is 1. The molecule has 0 aliphatic heterocycles. The van der Waals surface area contributed by atoms with Crippen LogP contribution in [0.1, 0.15) is 31.3 Å². The van der Waals surface area contributed by atoms with Crippen molar-refractivity contribution in [1.29, 1.82) is 0 Å². The lowest BCUT2D eigenvalue weighted by Gasteiger charge is -2.18. The summed E-state index contributed by atoms with van der Waals surface area (Å²) >= 11 is 0. The molecule has 92 valence electrons. The largest absolute Gasteiger partial charge is 0.458 e. The number of rotatable bonds is 3. The fourth-order valence-corrected chi connectivity index (χ4v) is 1.86. The SMILES string of the molecule is Cc1ccc2oc(C(O)C(O)C(C)C)cc2c1. The Morgan fingerprint density at radius 1 is 1.12 bits per heavy atom. The molecule has 17 heavy (non-hydrogen) atoms. The van der Waals surface area contributed by atoms with Crippen molar-refractivity contribution in [3.05, 3.63) is 35.6 Å². The van der Waals surface area contributed by atoms with Gasteiger partial charge in [0.15, 0.2) is 0 Å². The third-order valence-corrected chi connectivity index (χ3v) is 2.99. The highest BCUT2D eigenvalue weighted by atomic mass is 16.4. The maximum Gasteiger partial charge on any atom is 0.138 e. The molecule has 0 aliphatic carbocycles. The van der Waals surface area contributed by atoms with Crippen molar-refractivity contribution in [2.75, 3.05) is 0 Å². The van der Waals surface area contributed by atoms with Crippen LogP contribution in [0.4, 0.5) is 0 Å². The molecule has 0 aliphatic rings. The van der Waals surface area contributed by atoms with Crippen LogP contribution in [-0.2, 0) is 0 Å². The van der Waals surface area contributed by atoms with Crippen molar-refractivity contribution < 1.29 is 14.6 Å². The van der Waals surface area contributed by atoms with Crippen LogP contribution in [0, 0.1) is 12.8 Å². The third-order valence-electron chi connectivity index (χ3n) is 2.99. The Labute approximate surface area is 101 Å². The minimum Gasteiger partial charge on any atom is -0.458 e. The van der Waals surface area contributed by atoms with Gasteiger partial charge in [0.05, 0.1) is 6.10 Å². The van der Waals surface area contributed by atoms with Crippen molar-refractivity contribution >= 4 is 11.0 Å². The maximum atomic E-state index is 9.99. The van der Waals surface area contributed by atoms with Gasteiger partial charge < -0.3 is 14.6 Å². The first-order chi connectivity index (χ1) is 7.99. The summed E-state index contributed by atoms with van der Waals surface area (Å²) in [6, 6.07) is 7.62. The minimum absolute atomic E-state index is 0.0139. The van der Waals surface area contributed by atoms with E-state index in [0.717, 1.165) is 16.5 Å². The second-order valence-electron chi connectivity index (χ2n) is 4.87. The van der Waals surface area contributed by atoms with Crippen LogP contribution in [0.2, 0.25) is 0 Å². The monoisotopic (exact) mass is 234 g/mol.